The van der Waals surface area contributed by atoms with Crippen LogP contribution in [0.3, 0.4) is 0 Å². The molecule has 0 atom stereocenters. The molecule has 7 heteroatoms. The van der Waals surface area contributed by atoms with Gasteiger partial charge in [-0.2, -0.15) is 0 Å². The van der Waals surface area contributed by atoms with Gasteiger partial charge in [0.15, 0.2) is 0 Å². The van der Waals surface area contributed by atoms with Crippen LogP contribution in [0.5, 0.6) is 0 Å². The number of benzene rings is 2. The van der Waals surface area contributed by atoms with Crippen LogP contribution in [0.2, 0.25) is 0 Å². The molecule has 0 aliphatic rings. The smallest absolute Gasteiger partial charge is 0.337 e. The Morgan fingerprint density at radius 2 is 1.78 bits per heavy atom. The summed E-state index contributed by atoms with van der Waals surface area (Å²) in [5.74, 6) is -0.570. The van der Waals surface area contributed by atoms with E-state index in [2.05, 4.69) is 25.3 Å². The molecule has 0 saturated carbocycles. The van der Waals surface area contributed by atoms with Crippen LogP contribution in [0.4, 0.5) is 17.3 Å². The SMILES string of the molecule is COC(=O)c1cccc(NC(=O)c2ccnc(Nc3ccc(C)cc3)n2)c1. The molecular formula is C20H18N4O3. The first kappa shape index (κ1) is 18.1. The maximum atomic E-state index is 12.5. The maximum absolute atomic E-state index is 12.5. The number of aryl methyl sites for hydroxylation is 1. The van der Waals surface area contributed by atoms with Crippen molar-refractivity contribution in [1.82, 2.24) is 9.97 Å². The third-order valence-electron chi connectivity index (χ3n) is 3.74. The third kappa shape index (κ3) is 4.66. The molecule has 1 amide bonds. The first-order valence-corrected chi connectivity index (χ1v) is 8.21. The number of nitrogens with zero attached hydrogens (tertiary/aromatic N) is 2. The van der Waals surface area contributed by atoms with E-state index in [0.29, 0.717) is 17.2 Å². The number of rotatable bonds is 5. The van der Waals surface area contributed by atoms with Gasteiger partial charge in [0.05, 0.1) is 12.7 Å². The topological polar surface area (TPSA) is 93.2 Å². The molecule has 7 nitrogen and oxygen atoms in total. The lowest BCUT2D eigenvalue weighted by atomic mass is 10.2. The Labute approximate surface area is 156 Å². The Morgan fingerprint density at radius 3 is 2.52 bits per heavy atom. The molecule has 1 aromatic heterocycles. The van der Waals surface area contributed by atoms with E-state index >= 15 is 0 Å². The summed E-state index contributed by atoms with van der Waals surface area (Å²) in [6.45, 7) is 2.00. The van der Waals surface area contributed by atoms with Crippen LogP contribution in [-0.2, 0) is 4.74 Å². The van der Waals surface area contributed by atoms with Gasteiger partial charge >= 0.3 is 5.97 Å². The summed E-state index contributed by atoms with van der Waals surface area (Å²) in [5.41, 5.74) is 2.98. The van der Waals surface area contributed by atoms with Gasteiger partial charge in [-0.1, -0.05) is 23.8 Å². The Kier molecular flexibility index (Phi) is 5.41. The highest BCUT2D eigenvalue weighted by Gasteiger charge is 2.11. The Morgan fingerprint density at radius 1 is 1.00 bits per heavy atom. The van der Waals surface area contributed by atoms with Crippen LogP contribution in [0.15, 0.2) is 60.8 Å². The molecule has 0 aliphatic carbocycles. The summed E-state index contributed by atoms with van der Waals surface area (Å²) in [7, 11) is 1.30. The van der Waals surface area contributed by atoms with Crippen molar-refractivity contribution >= 4 is 29.2 Å². The second-order valence-electron chi connectivity index (χ2n) is 5.78. The summed E-state index contributed by atoms with van der Waals surface area (Å²) in [6.07, 6.45) is 1.50. The standard InChI is InChI=1S/C20H18N4O3/c1-13-6-8-15(9-7-13)23-20-21-11-10-17(24-20)18(25)22-16-5-3-4-14(12-16)19(26)27-2/h3-12H,1-2H3,(H,22,25)(H,21,23,24). The quantitative estimate of drug-likeness (QED) is 0.674. The van der Waals surface area contributed by atoms with Gasteiger partial charge in [0, 0.05) is 17.6 Å². The second-order valence-corrected chi connectivity index (χ2v) is 5.78. The molecule has 2 aromatic carbocycles. The Hall–Kier alpha value is -3.74. The molecule has 0 radical (unpaired) electrons. The number of amides is 1. The molecule has 0 bridgehead atoms. The zero-order valence-electron chi connectivity index (χ0n) is 14.9. The van der Waals surface area contributed by atoms with Crippen LogP contribution < -0.4 is 10.6 Å². The van der Waals surface area contributed by atoms with Gasteiger partial charge in [-0.05, 0) is 43.3 Å². The maximum Gasteiger partial charge on any atom is 0.337 e. The van der Waals surface area contributed by atoms with E-state index in [1.165, 1.54) is 25.4 Å². The monoisotopic (exact) mass is 362 g/mol. The summed E-state index contributed by atoms with van der Waals surface area (Å²) in [4.78, 5) is 32.4. The lowest BCUT2D eigenvalue weighted by molar-refractivity contribution is 0.0600. The zero-order chi connectivity index (χ0) is 19.2. The van der Waals surface area contributed by atoms with E-state index < -0.39 is 11.9 Å². The van der Waals surface area contributed by atoms with E-state index in [-0.39, 0.29) is 5.69 Å². The predicted molar refractivity (Wildman–Crippen MR) is 102 cm³/mol. The van der Waals surface area contributed by atoms with Crippen LogP contribution in [0.25, 0.3) is 0 Å². The molecule has 0 spiro atoms. The van der Waals surface area contributed by atoms with Gasteiger partial charge in [0.1, 0.15) is 5.69 Å². The summed E-state index contributed by atoms with van der Waals surface area (Å²) >= 11 is 0. The molecule has 1 heterocycles. The van der Waals surface area contributed by atoms with Gasteiger partial charge < -0.3 is 15.4 Å². The molecule has 2 N–H and O–H groups in total. The summed E-state index contributed by atoms with van der Waals surface area (Å²) < 4.78 is 4.68. The number of esters is 1. The van der Waals surface area contributed by atoms with E-state index in [0.717, 1.165) is 11.3 Å². The highest BCUT2D eigenvalue weighted by molar-refractivity contribution is 6.03. The predicted octanol–water partition coefficient (Wildman–Crippen LogP) is 3.57. The molecule has 3 aromatic rings. The number of nitrogens with one attached hydrogen (secondary N) is 2. The number of carbonyl (C=O) groups excluding carboxylic acids is 2. The third-order valence-corrected chi connectivity index (χ3v) is 3.74. The van der Waals surface area contributed by atoms with E-state index in [1.807, 2.05) is 31.2 Å². The molecule has 0 fully saturated rings. The fraction of sp³-hybridized carbons (Fsp3) is 0.100. The number of ether oxygens (including phenoxy) is 1. The van der Waals surface area contributed by atoms with Gasteiger partial charge in [0.2, 0.25) is 5.95 Å². The molecule has 0 unspecified atom stereocenters. The lowest BCUT2D eigenvalue weighted by Crippen LogP contribution is -2.15. The molecule has 3 rings (SSSR count). The largest absolute Gasteiger partial charge is 0.465 e. The molecule has 27 heavy (non-hydrogen) atoms. The van der Waals surface area contributed by atoms with E-state index in [4.69, 9.17) is 0 Å². The lowest BCUT2D eigenvalue weighted by Gasteiger charge is -2.08. The average Bonchev–Trinajstić information content (AvgIpc) is 2.69. The van der Waals surface area contributed by atoms with Crippen molar-refractivity contribution in [2.45, 2.75) is 6.92 Å². The highest BCUT2D eigenvalue weighted by atomic mass is 16.5. The minimum Gasteiger partial charge on any atom is -0.465 e. The van der Waals surface area contributed by atoms with Gasteiger partial charge in [-0.15, -0.1) is 0 Å². The molecule has 0 aliphatic heterocycles. The number of hydrogen-bond acceptors (Lipinski definition) is 6. The van der Waals surface area contributed by atoms with Crippen LogP contribution in [0.1, 0.15) is 26.4 Å². The fourth-order valence-electron chi connectivity index (χ4n) is 2.35. The number of methoxy groups -OCH3 is 1. The number of carbonyl (C=O) groups is 2. The van der Waals surface area contributed by atoms with Crippen molar-refractivity contribution in [3.8, 4) is 0 Å². The Balaban J connectivity index is 1.73. The van der Waals surface area contributed by atoms with Crippen molar-refractivity contribution < 1.29 is 14.3 Å². The molecule has 136 valence electrons. The second kappa shape index (κ2) is 8.09. The normalized spacial score (nSPS) is 10.1. The van der Waals surface area contributed by atoms with Crippen molar-refractivity contribution in [2.24, 2.45) is 0 Å². The van der Waals surface area contributed by atoms with Gasteiger partial charge in [-0.25, -0.2) is 14.8 Å². The minimum absolute atomic E-state index is 0.197. The fourth-order valence-corrected chi connectivity index (χ4v) is 2.35. The number of aromatic nitrogens is 2. The van der Waals surface area contributed by atoms with Gasteiger partial charge in [-0.3, -0.25) is 4.79 Å². The van der Waals surface area contributed by atoms with E-state index in [9.17, 15) is 9.59 Å². The van der Waals surface area contributed by atoms with Crippen LogP contribution in [-0.4, -0.2) is 29.0 Å². The van der Waals surface area contributed by atoms with Crippen molar-refractivity contribution in [2.75, 3.05) is 17.7 Å². The molecular weight excluding hydrogens is 344 g/mol. The Bertz CT molecular complexity index is 971. The average molecular weight is 362 g/mol. The van der Waals surface area contributed by atoms with Crippen molar-refractivity contribution in [1.29, 1.82) is 0 Å². The van der Waals surface area contributed by atoms with Crippen LogP contribution in [0, 0.1) is 6.92 Å². The minimum atomic E-state index is -0.474. The first-order valence-electron chi connectivity index (χ1n) is 8.21. The van der Waals surface area contributed by atoms with Crippen LogP contribution >= 0.6 is 0 Å². The van der Waals surface area contributed by atoms with Crippen molar-refractivity contribution in [3.05, 3.63) is 77.6 Å². The number of hydrogen-bond donors (Lipinski definition) is 2. The molecule has 0 saturated heterocycles. The first-order chi connectivity index (χ1) is 13.0. The highest BCUT2D eigenvalue weighted by Crippen LogP contribution is 2.15. The van der Waals surface area contributed by atoms with Gasteiger partial charge in [0.25, 0.3) is 5.91 Å². The number of anilines is 3. The zero-order valence-corrected chi connectivity index (χ0v) is 14.9. The summed E-state index contributed by atoms with van der Waals surface area (Å²) in [5, 5.41) is 5.77. The van der Waals surface area contributed by atoms with Crippen molar-refractivity contribution in [3.63, 3.8) is 0 Å². The summed E-state index contributed by atoms with van der Waals surface area (Å²) in [6, 6.07) is 15.7. The van der Waals surface area contributed by atoms with E-state index in [1.54, 1.807) is 18.2 Å².